The molecule has 3 heterocycles. The van der Waals surface area contributed by atoms with E-state index in [4.69, 9.17) is 0 Å². The fourth-order valence-electron chi connectivity index (χ4n) is 2.72. The summed E-state index contributed by atoms with van der Waals surface area (Å²) in [6, 6.07) is 4.04. The van der Waals surface area contributed by atoms with Crippen LogP contribution >= 0.6 is 15.9 Å². The molecular formula is C16H20BrN5O. The number of nitrogens with zero attached hydrogens (tertiary/aromatic N) is 5. The molecule has 1 aliphatic rings. The first-order valence-corrected chi connectivity index (χ1v) is 8.50. The predicted molar refractivity (Wildman–Crippen MR) is 90.8 cm³/mol. The number of carbonyl (C=O) groups is 1. The number of piperazine rings is 1. The molecule has 0 aromatic carbocycles. The van der Waals surface area contributed by atoms with E-state index in [1.807, 2.05) is 30.3 Å². The molecule has 23 heavy (non-hydrogen) atoms. The number of halogens is 1. The third-order valence-electron chi connectivity index (χ3n) is 4.04. The Hall–Kier alpha value is -1.73. The summed E-state index contributed by atoms with van der Waals surface area (Å²) in [7, 11) is 0. The van der Waals surface area contributed by atoms with Gasteiger partial charge in [-0.1, -0.05) is 6.07 Å². The predicted octanol–water partition coefficient (Wildman–Crippen LogP) is 1.69. The number of hydrogen-bond donors (Lipinski definition) is 0. The molecule has 2 aromatic heterocycles. The Morgan fingerprint density at radius 2 is 2.09 bits per heavy atom. The lowest BCUT2D eigenvalue weighted by Gasteiger charge is -2.34. The number of carbonyl (C=O) groups excluding carboxylic acids is 1. The van der Waals surface area contributed by atoms with Gasteiger partial charge >= 0.3 is 0 Å². The van der Waals surface area contributed by atoms with Gasteiger partial charge in [-0.2, -0.15) is 5.10 Å². The molecule has 0 atom stereocenters. The van der Waals surface area contributed by atoms with E-state index >= 15 is 0 Å². The van der Waals surface area contributed by atoms with Crippen molar-refractivity contribution in [3.63, 3.8) is 0 Å². The fourth-order valence-corrected chi connectivity index (χ4v) is 3.03. The van der Waals surface area contributed by atoms with Crippen molar-refractivity contribution in [1.82, 2.24) is 24.6 Å². The number of aromatic nitrogens is 3. The zero-order valence-corrected chi connectivity index (χ0v) is 14.7. The molecule has 1 fully saturated rings. The Morgan fingerprint density at radius 1 is 1.30 bits per heavy atom. The molecular weight excluding hydrogens is 358 g/mol. The van der Waals surface area contributed by atoms with Crippen LogP contribution in [0.25, 0.3) is 0 Å². The van der Waals surface area contributed by atoms with Gasteiger partial charge in [-0.05, 0) is 34.5 Å². The van der Waals surface area contributed by atoms with E-state index in [-0.39, 0.29) is 5.91 Å². The second-order valence-electron chi connectivity index (χ2n) is 5.78. The lowest BCUT2D eigenvalue weighted by atomic mass is 10.2. The smallest absolute Gasteiger partial charge is 0.244 e. The van der Waals surface area contributed by atoms with E-state index in [0.29, 0.717) is 6.54 Å². The number of hydrogen-bond acceptors (Lipinski definition) is 4. The molecule has 1 saturated heterocycles. The molecule has 7 heteroatoms. The first-order chi connectivity index (χ1) is 11.1. The lowest BCUT2D eigenvalue weighted by molar-refractivity contribution is -0.133. The fraction of sp³-hybridized carbons (Fsp3) is 0.438. The van der Waals surface area contributed by atoms with E-state index in [1.165, 1.54) is 5.56 Å². The van der Waals surface area contributed by atoms with Crippen LogP contribution in [-0.4, -0.2) is 56.7 Å². The summed E-state index contributed by atoms with van der Waals surface area (Å²) in [5.41, 5.74) is 2.11. The Bertz CT molecular complexity index is 645. The van der Waals surface area contributed by atoms with Gasteiger partial charge in [0.1, 0.15) is 6.54 Å². The molecule has 0 aliphatic carbocycles. The largest absolute Gasteiger partial charge is 0.339 e. The molecule has 0 N–H and O–H groups in total. The van der Waals surface area contributed by atoms with E-state index < -0.39 is 0 Å². The van der Waals surface area contributed by atoms with Crippen molar-refractivity contribution in [2.45, 2.75) is 20.0 Å². The number of aryl methyl sites for hydroxylation is 1. The van der Waals surface area contributed by atoms with Crippen LogP contribution in [0.3, 0.4) is 0 Å². The van der Waals surface area contributed by atoms with Gasteiger partial charge < -0.3 is 4.90 Å². The molecule has 0 unspecified atom stereocenters. The normalized spacial score (nSPS) is 15.8. The van der Waals surface area contributed by atoms with Crippen molar-refractivity contribution >= 4 is 21.8 Å². The summed E-state index contributed by atoms with van der Waals surface area (Å²) >= 11 is 3.42. The summed E-state index contributed by atoms with van der Waals surface area (Å²) in [6.07, 6.45) is 5.54. The minimum absolute atomic E-state index is 0.126. The van der Waals surface area contributed by atoms with Crippen LogP contribution in [0.2, 0.25) is 0 Å². The molecule has 1 amide bonds. The highest BCUT2D eigenvalue weighted by atomic mass is 79.9. The Morgan fingerprint density at radius 3 is 2.70 bits per heavy atom. The van der Waals surface area contributed by atoms with Gasteiger partial charge in [0.25, 0.3) is 0 Å². The van der Waals surface area contributed by atoms with Crippen molar-refractivity contribution < 1.29 is 4.79 Å². The molecule has 0 saturated carbocycles. The molecule has 0 radical (unpaired) electrons. The monoisotopic (exact) mass is 377 g/mol. The molecule has 6 nitrogen and oxygen atoms in total. The van der Waals surface area contributed by atoms with Crippen molar-refractivity contribution in [3.05, 3.63) is 46.5 Å². The maximum atomic E-state index is 12.4. The minimum Gasteiger partial charge on any atom is -0.339 e. The Balaban J connectivity index is 1.49. The van der Waals surface area contributed by atoms with Crippen molar-refractivity contribution in [1.29, 1.82) is 0 Å². The summed E-state index contributed by atoms with van der Waals surface area (Å²) in [5, 5.41) is 4.32. The van der Waals surface area contributed by atoms with E-state index in [9.17, 15) is 4.79 Å². The topological polar surface area (TPSA) is 54.3 Å². The highest BCUT2D eigenvalue weighted by Crippen LogP contribution is 2.14. The number of pyridine rings is 1. The average Bonchev–Trinajstić information content (AvgIpc) is 2.87. The molecule has 0 bridgehead atoms. The second-order valence-corrected chi connectivity index (χ2v) is 6.63. The van der Waals surface area contributed by atoms with E-state index in [2.05, 4.69) is 37.0 Å². The van der Waals surface area contributed by atoms with Gasteiger partial charge in [-0.15, -0.1) is 0 Å². The van der Waals surface area contributed by atoms with Crippen LogP contribution in [0, 0.1) is 6.92 Å². The summed E-state index contributed by atoms with van der Waals surface area (Å²) in [5.74, 6) is 0.126. The van der Waals surface area contributed by atoms with Gasteiger partial charge in [0.15, 0.2) is 0 Å². The lowest BCUT2D eigenvalue weighted by Crippen LogP contribution is -2.49. The van der Waals surface area contributed by atoms with Crippen molar-refractivity contribution in [2.24, 2.45) is 0 Å². The van der Waals surface area contributed by atoms with Crippen LogP contribution in [-0.2, 0) is 17.9 Å². The highest BCUT2D eigenvalue weighted by molar-refractivity contribution is 9.10. The molecule has 3 rings (SSSR count). The van der Waals surface area contributed by atoms with E-state index in [0.717, 1.165) is 42.9 Å². The van der Waals surface area contributed by atoms with Gasteiger partial charge in [0, 0.05) is 51.3 Å². The minimum atomic E-state index is 0.126. The zero-order chi connectivity index (χ0) is 16.2. The van der Waals surface area contributed by atoms with Gasteiger partial charge in [-0.3, -0.25) is 19.4 Å². The molecule has 122 valence electrons. The quantitative estimate of drug-likeness (QED) is 0.813. The zero-order valence-electron chi connectivity index (χ0n) is 13.2. The molecule has 2 aromatic rings. The van der Waals surface area contributed by atoms with Crippen LogP contribution in [0.1, 0.15) is 11.3 Å². The van der Waals surface area contributed by atoms with Crippen molar-refractivity contribution in [2.75, 3.05) is 26.2 Å². The van der Waals surface area contributed by atoms with Crippen LogP contribution in [0.5, 0.6) is 0 Å². The third-order valence-corrected chi connectivity index (χ3v) is 4.82. The van der Waals surface area contributed by atoms with E-state index in [1.54, 1.807) is 10.9 Å². The Kier molecular flexibility index (Phi) is 5.07. The second kappa shape index (κ2) is 7.23. The van der Waals surface area contributed by atoms with Gasteiger partial charge in [0.05, 0.1) is 10.2 Å². The van der Waals surface area contributed by atoms with Gasteiger partial charge in [0.2, 0.25) is 5.91 Å². The third kappa shape index (κ3) is 4.17. The van der Waals surface area contributed by atoms with Crippen molar-refractivity contribution in [3.8, 4) is 0 Å². The first-order valence-electron chi connectivity index (χ1n) is 7.70. The van der Waals surface area contributed by atoms with Crippen LogP contribution < -0.4 is 0 Å². The number of rotatable bonds is 4. The average molecular weight is 378 g/mol. The molecule has 1 aliphatic heterocycles. The van der Waals surface area contributed by atoms with Crippen LogP contribution in [0.15, 0.2) is 35.2 Å². The Labute approximate surface area is 144 Å². The summed E-state index contributed by atoms with van der Waals surface area (Å²) in [6.45, 7) is 6.42. The summed E-state index contributed by atoms with van der Waals surface area (Å²) in [4.78, 5) is 20.8. The molecule has 0 spiro atoms. The van der Waals surface area contributed by atoms with Gasteiger partial charge in [-0.25, -0.2) is 0 Å². The SMILES string of the molecule is Cc1nn(CC(=O)N2CCN(Cc3cccnc3)CC2)cc1Br. The summed E-state index contributed by atoms with van der Waals surface area (Å²) < 4.78 is 2.63. The maximum absolute atomic E-state index is 12.4. The standard InChI is InChI=1S/C16H20BrN5O/c1-13-15(17)11-22(19-13)12-16(23)21-7-5-20(6-8-21)10-14-3-2-4-18-9-14/h2-4,9,11H,5-8,10,12H2,1H3. The first kappa shape index (κ1) is 16.1. The van der Waals surface area contributed by atoms with Crippen LogP contribution in [0.4, 0.5) is 0 Å². The number of amides is 1. The maximum Gasteiger partial charge on any atom is 0.244 e. The highest BCUT2D eigenvalue weighted by Gasteiger charge is 2.21.